The third kappa shape index (κ3) is 4.05. The number of anilines is 1. The molecule has 1 amide bonds. The summed E-state index contributed by atoms with van der Waals surface area (Å²) in [6.45, 7) is 2.24. The molecule has 0 spiro atoms. The largest absolute Gasteiger partial charge is 0.492 e. The first kappa shape index (κ1) is 17.8. The number of para-hydroxylation sites is 2. The molecule has 2 rings (SSSR count). The molecule has 7 heteroatoms. The maximum absolute atomic E-state index is 12.6. The smallest absolute Gasteiger partial charge is 0.262 e. The van der Waals surface area contributed by atoms with Crippen LogP contribution in [0.15, 0.2) is 53.4 Å². The highest BCUT2D eigenvalue weighted by molar-refractivity contribution is 7.92. The van der Waals surface area contributed by atoms with Gasteiger partial charge in [-0.25, -0.2) is 8.42 Å². The number of carbonyl (C=O) groups is 1. The first-order valence-electron chi connectivity index (χ1n) is 7.41. The van der Waals surface area contributed by atoms with E-state index < -0.39 is 10.0 Å². The molecule has 0 radical (unpaired) electrons. The van der Waals surface area contributed by atoms with Crippen LogP contribution in [0.1, 0.15) is 17.3 Å². The zero-order chi connectivity index (χ0) is 17.7. The fraction of sp³-hybridized carbons (Fsp3) is 0.235. The van der Waals surface area contributed by atoms with Gasteiger partial charge in [0.1, 0.15) is 5.75 Å². The van der Waals surface area contributed by atoms with Crippen LogP contribution in [0.5, 0.6) is 5.75 Å². The van der Waals surface area contributed by atoms with Crippen LogP contribution in [-0.2, 0) is 10.0 Å². The predicted octanol–water partition coefficient (Wildman–Crippen LogP) is 2.59. The van der Waals surface area contributed by atoms with E-state index in [0.717, 1.165) is 0 Å². The number of ether oxygens (including phenoxy) is 1. The highest BCUT2D eigenvalue weighted by Gasteiger charge is 2.18. The quantitative estimate of drug-likeness (QED) is 0.870. The highest BCUT2D eigenvalue weighted by Crippen LogP contribution is 2.26. The highest BCUT2D eigenvalue weighted by atomic mass is 32.2. The van der Waals surface area contributed by atoms with Gasteiger partial charge >= 0.3 is 0 Å². The van der Waals surface area contributed by atoms with E-state index in [1.54, 1.807) is 50.5 Å². The number of hydrogen-bond donors (Lipinski definition) is 1. The summed E-state index contributed by atoms with van der Waals surface area (Å²) in [7, 11) is -0.614. The van der Waals surface area contributed by atoms with Gasteiger partial charge in [0.2, 0.25) is 0 Å². The van der Waals surface area contributed by atoms with Gasteiger partial charge in [0.05, 0.1) is 17.2 Å². The van der Waals surface area contributed by atoms with Gasteiger partial charge in [0.15, 0.2) is 0 Å². The Kier molecular flexibility index (Phi) is 5.46. The van der Waals surface area contributed by atoms with Crippen LogP contribution in [0.4, 0.5) is 5.69 Å². The van der Waals surface area contributed by atoms with Crippen molar-refractivity contribution in [2.24, 2.45) is 0 Å². The fourth-order valence-electron chi connectivity index (χ4n) is 2.09. The lowest BCUT2D eigenvalue weighted by Crippen LogP contribution is -2.22. The first-order chi connectivity index (χ1) is 11.3. The number of benzene rings is 2. The van der Waals surface area contributed by atoms with Crippen molar-refractivity contribution in [1.82, 2.24) is 4.90 Å². The van der Waals surface area contributed by atoms with Crippen molar-refractivity contribution in [1.29, 1.82) is 0 Å². The molecule has 0 atom stereocenters. The summed E-state index contributed by atoms with van der Waals surface area (Å²) in [6, 6.07) is 12.7. The Labute approximate surface area is 142 Å². The molecule has 0 aliphatic heterocycles. The molecule has 0 bridgehead atoms. The fourth-order valence-corrected chi connectivity index (χ4v) is 3.21. The average Bonchev–Trinajstić information content (AvgIpc) is 2.56. The van der Waals surface area contributed by atoms with Crippen LogP contribution >= 0.6 is 0 Å². The Morgan fingerprint density at radius 3 is 2.50 bits per heavy atom. The number of amides is 1. The molecule has 0 saturated carbocycles. The molecule has 0 aromatic heterocycles. The second kappa shape index (κ2) is 7.35. The number of sulfonamides is 1. The zero-order valence-corrected chi connectivity index (χ0v) is 14.6. The van der Waals surface area contributed by atoms with Crippen LogP contribution < -0.4 is 9.46 Å². The van der Waals surface area contributed by atoms with Crippen LogP contribution in [0.3, 0.4) is 0 Å². The molecule has 24 heavy (non-hydrogen) atoms. The van der Waals surface area contributed by atoms with E-state index in [1.807, 2.05) is 6.92 Å². The summed E-state index contributed by atoms with van der Waals surface area (Å²) in [4.78, 5) is 13.4. The van der Waals surface area contributed by atoms with Crippen molar-refractivity contribution in [3.63, 3.8) is 0 Å². The molecule has 128 valence electrons. The van der Waals surface area contributed by atoms with Crippen LogP contribution in [0, 0.1) is 0 Å². The van der Waals surface area contributed by atoms with E-state index in [9.17, 15) is 13.2 Å². The molecule has 0 unspecified atom stereocenters. The number of carbonyl (C=O) groups excluding carboxylic acids is 1. The minimum absolute atomic E-state index is 0.0153. The van der Waals surface area contributed by atoms with Crippen molar-refractivity contribution in [2.45, 2.75) is 11.8 Å². The molecule has 6 nitrogen and oxygen atoms in total. The third-order valence-electron chi connectivity index (χ3n) is 3.23. The van der Waals surface area contributed by atoms with E-state index >= 15 is 0 Å². The second-order valence-electron chi connectivity index (χ2n) is 5.26. The SMILES string of the molecule is CCOc1ccccc1NS(=O)(=O)c1cccc(C(=O)N(C)C)c1. The number of hydrogen-bond acceptors (Lipinski definition) is 4. The third-order valence-corrected chi connectivity index (χ3v) is 4.59. The monoisotopic (exact) mass is 348 g/mol. The van der Waals surface area contributed by atoms with Crippen molar-refractivity contribution in [2.75, 3.05) is 25.4 Å². The molecular formula is C17H20N2O4S. The Morgan fingerprint density at radius 1 is 1.12 bits per heavy atom. The Hall–Kier alpha value is -2.54. The molecule has 0 aliphatic rings. The van der Waals surface area contributed by atoms with E-state index in [-0.39, 0.29) is 10.8 Å². The number of nitrogens with zero attached hydrogens (tertiary/aromatic N) is 1. The van der Waals surface area contributed by atoms with E-state index in [1.165, 1.54) is 17.0 Å². The minimum atomic E-state index is -3.84. The topological polar surface area (TPSA) is 75.7 Å². The lowest BCUT2D eigenvalue weighted by atomic mass is 10.2. The molecule has 0 heterocycles. The van der Waals surface area contributed by atoms with Crippen LogP contribution in [0.2, 0.25) is 0 Å². The van der Waals surface area contributed by atoms with E-state index in [0.29, 0.717) is 23.6 Å². The molecule has 2 aromatic rings. The predicted molar refractivity (Wildman–Crippen MR) is 92.9 cm³/mol. The van der Waals surface area contributed by atoms with Crippen molar-refractivity contribution < 1.29 is 17.9 Å². The minimum Gasteiger partial charge on any atom is -0.492 e. The van der Waals surface area contributed by atoms with Gasteiger partial charge in [-0.15, -0.1) is 0 Å². The normalized spacial score (nSPS) is 11.0. The lowest BCUT2D eigenvalue weighted by molar-refractivity contribution is 0.0827. The zero-order valence-electron chi connectivity index (χ0n) is 13.8. The molecule has 0 aliphatic carbocycles. The summed E-state index contributed by atoms with van der Waals surface area (Å²) in [5, 5.41) is 0. The molecule has 2 aromatic carbocycles. The van der Waals surface area contributed by atoms with Gasteiger partial charge in [-0.2, -0.15) is 0 Å². The van der Waals surface area contributed by atoms with Gasteiger partial charge in [0.25, 0.3) is 15.9 Å². The summed E-state index contributed by atoms with van der Waals surface area (Å²) in [5.74, 6) is 0.186. The molecular weight excluding hydrogens is 328 g/mol. The molecule has 0 saturated heterocycles. The first-order valence-corrected chi connectivity index (χ1v) is 8.90. The molecule has 1 N–H and O–H groups in total. The van der Waals surface area contributed by atoms with Crippen LogP contribution in [0.25, 0.3) is 0 Å². The van der Waals surface area contributed by atoms with Crippen molar-refractivity contribution in [3.05, 3.63) is 54.1 Å². The Balaban J connectivity index is 2.35. The van der Waals surface area contributed by atoms with E-state index in [2.05, 4.69) is 4.72 Å². The van der Waals surface area contributed by atoms with E-state index in [4.69, 9.17) is 4.74 Å². The lowest BCUT2D eigenvalue weighted by Gasteiger charge is -2.14. The second-order valence-corrected chi connectivity index (χ2v) is 6.94. The molecule has 0 fully saturated rings. The summed E-state index contributed by atoms with van der Waals surface area (Å²) in [5.41, 5.74) is 0.657. The van der Waals surface area contributed by atoms with Gasteiger partial charge in [0, 0.05) is 19.7 Å². The number of rotatable bonds is 6. The van der Waals surface area contributed by atoms with Crippen molar-refractivity contribution >= 4 is 21.6 Å². The van der Waals surface area contributed by atoms with Gasteiger partial charge in [-0.05, 0) is 37.3 Å². The average molecular weight is 348 g/mol. The summed E-state index contributed by atoms with van der Waals surface area (Å²) < 4.78 is 33.2. The number of nitrogens with one attached hydrogen (secondary N) is 1. The van der Waals surface area contributed by atoms with Crippen LogP contribution in [-0.4, -0.2) is 39.9 Å². The van der Waals surface area contributed by atoms with Gasteiger partial charge in [-0.1, -0.05) is 18.2 Å². The van der Waals surface area contributed by atoms with Gasteiger partial charge in [-0.3, -0.25) is 9.52 Å². The summed E-state index contributed by atoms with van der Waals surface area (Å²) in [6.07, 6.45) is 0. The Bertz CT molecular complexity index is 832. The van der Waals surface area contributed by atoms with Gasteiger partial charge < -0.3 is 9.64 Å². The standard InChI is InChI=1S/C17H20N2O4S/c1-4-23-16-11-6-5-10-15(16)18-24(21,22)14-9-7-8-13(12-14)17(20)19(2)3/h5-12,18H,4H2,1-3H3. The summed E-state index contributed by atoms with van der Waals surface area (Å²) >= 11 is 0. The maximum atomic E-state index is 12.6. The maximum Gasteiger partial charge on any atom is 0.262 e. The Morgan fingerprint density at radius 2 is 1.83 bits per heavy atom. The van der Waals surface area contributed by atoms with Crippen molar-refractivity contribution in [3.8, 4) is 5.75 Å².